The largest absolute Gasteiger partial charge is 0.465 e. The number of thiophene rings is 1. The summed E-state index contributed by atoms with van der Waals surface area (Å²) in [6.07, 6.45) is 0. The Bertz CT molecular complexity index is 458. The van der Waals surface area contributed by atoms with Crippen LogP contribution in [0.3, 0.4) is 0 Å². The number of ether oxygens (including phenoxy) is 1. The Morgan fingerprint density at radius 3 is 3.08 bits per heavy atom. The molecule has 0 aliphatic rings. The van der Waals surface area contributed by atoms with Crippen molar-refractivity contribution < 1.29 is 9.53 Å². The van der Waals surface area contributed by atoms with E-state index in [9.17, 15) is 4.79 Å². The van der Waals surface area contributed by atoms with E-state index >= 15 is 0 Å². The summed E-state index contributed by atoms with van der Waals surface area (Å²) in [4.78, 5) is 11.7. The third-order valence-corrected chi connectivity index (χ3v) is 3.01. The molecule has 2 rings (SSSR count). The lowest BCUT2D eigenvalue weighted by molar-refractivity contribution is 0.0606. The summed E-state index contributed by atoms with van der Waals surface area (Å²) < 4.78 is 5.62. The van der Waals surface area contributed by atoms with Crippen molar-refractivity contribution in [3.05, 3.63) is 16.6 Å². The fourth-order valence-corrected chi connectivity index (χ4v) is 2.09. The van der Waals surface area contributed by atoms with Gasteiger partial charge in [0.05, 0.1) is 11.8 Å². The Morgan fingerprint density at radius 2 is 2.46 bits per heavy atom. The van der Waals surface area contributed by atoms with Gasteiger partial charge in [-0.1, -0.05) is 0 Å². The predicted molar refractivity (Wildman–Crippen MR) is 50.0 cm³/mol. The minimum absolute atomic E-state index is 0.303. The first kappa shape index (κ1) is 8.25. The molecule has 0 aliphatic heterocycles. The van der Waals surface area contributed by atoms with Gasteiger partial charge in [-0.05, 0) is 13.0 Å². The van der Waals surface area contributed by atoms with Crippen LogP contribution >= 0.6 is 11.3 Å². The minimum atomic E-state index is -0.303. The Morgan fingerprint density at radius 1 is 1.69 bits per heavy atom. The van der Waals surface area contributed by atoms with Crippen LogP contribution in [0.1, 0.15) is 15.4 Å². The summed E-state index contributed by atoms with van der Waals surface area (Å²) in [5, 5.41) is 6.88. The van der Waals surface area contributed by atoms with Gasteiger partial charge in [0.1, 0.15) is 10.4 Å². The van der Waals surface area contributed by atoms with Gasteiger partial charge in [0.15, 0.2) is 0 Å². The van der Waals surface area contributed by atoms with Gasteiger partial charge in [-0.15, -0.1) is 11.3 Å². The average Bonchev–Trinajstić information content (AvgIpc) is 2.67. The van der Waals surface area contributed by atoms with Gasteiger partial charge in [0.25, 0.3) is 0 Å². The number of nitrogens with zero attached hydrogens (tertiary/aromatic N) is 1. The summed E-state index contributed by atoms with van der Waals surface area (Å²) >= 11 is 1.39. The summed E-state index contributed by atoms with van der Waals surface area (Å²) in [7, 11) is 1.37. The molecule has 68 valence electrons. The molecule has 2 heterocycles. The second kappa shape index (κ2) is 2.85. The highest BCUT2D eigenvalue weighted by atomic mass is 32.1. The number of aromatic nitrogens is 2. The molecule has 0 amide bonds. The first-order valence-electron chi connectivity index (χ1n) is 3.75. The van der Waals surface area contributed by atoms with Crippen LogP contribution < -0.4 is 0 Å². The zero-order valence-electron chi connectivity index (χ0n) is 7.25. The Balaban J connectivity index is 2.56. The highest BCUT2D eigenvalue weighted by molar-refractivity contribution is 7.20. The number of hydrogen-bond acceptors (Lipinski definition) is 4. The lowest BCUT2D eigenvalue weighted by atomic mass is 10.4. The van der Waals surface area contributed by atoms with Crippen LogP contribution in [-0.2, 0) is 4.74 Å². The molecule has 0 spiro atoms. The van der Waals surface area contributed by atoms with E-state index in [1.54, 1.807) is 6.07 Å². The smallest absolute Gasteiger partial charge is 0.348 e. The van der Waals surface area contributed by atoms with Gasteiger partial charge in [-0.3, -0.25) is 5.10 Å². The number of aromatic amines is 1. The molecule has 2 aromatic rings. The number of methoxy groups -OCH3 is 1. The van der Waals surface area contributed by atoms with E-state index in [-0.39, 0.29) is 5.97 Å². The quantitative estimate of drug-likeness (QED) is 0.706. The zero-order valence-corrected chi connectivity index (χ0v) is 8.07. The zero-order chi connectivity index (χ0) is 9.42. The van der Waals surface area contributed by atoms with Crippen LogP contribution in [0.15, 0.2) is 6.07 Å². The van der Waals surface area contributed by atoms with E-state index < -0.39 is 0 Å². The number of carbonyl (C=O) groups excluding carboxylic acids is 1. The number of hydrogen-bond donors (Lipinski definition) is 1. The number of nitrogens with one attached hydrogen (secondary N) is 1. The molecule has 2 aromatic heterocycles. The van der Waals surface area contributed by atoms with Gasteiger partial charge < -0.3 is 4.74 Å². The maximum atomic E-state index is 11.1. The van der Waals surface area contributed by atoms with Crippen LogP contribution in [0.2, 0.25) is 0 Å². The molecule has 0 radical (unpaired) electrons. The maximum Gasteiger partial charge on any atom is 0.348 e. The maximum absolute atomic E-state index is 11.1. The molecule has 0 saturated heterocycles. The molecule has 5 heteroatoms. The van der Waals surface area contributed by atoms with E-state index in [4.69, 9.17) is 0 Å². The summed E-state index contributed by atoms with van der Waals surface area (Å²) in [5.41, 5.74) is 1.80. The van der Waals surface area contributed by atoms with Crippen molar-refractivity contribution >= 4 is 27.5 Å². The van der Waals surface area contributed by atoms with Gasteiger partial charge in [0, 0.05) is 5.69 Å². The van der Waals surface area contributed by atoms with Crippen molar-refractivity contribution in [2.75, 3.05) is 7.11 Å². The number of rotatable bonds is 1. The molecular weight excluding hydrogens is 188 g/mol. The number of fused-ring (bicyclic) bond motifs is 1. The fourth-order valence-electron chi connectivity index (χ4n) is 1.13. The molecule has 1 N–H and O–H groups in total. The van der Waals surface area contributed by atoms with E-state index in [1.807, 2.05) is 6.92 Å². The van der Waals surface area contributed by atoms with Gasteiger partial charge >= 0.3 is 5.97 Å². The Hall–Kier alpha value is -1.36. The van der Waals surface area contributed by atoms with Gasteiger partial charge in [0.2, 0.25) is 0 Å². The van der Waals surface area contributed by atoms with E-state index in [1.165, 1.54) is 18.4 Å². The normalized spacial score (nSPS) is 10.6. The van der Waals surface area contributed by atoms with Crippen LogP contribution in [0, 0.1) is 6.92 Å². The Kier molecular flexibility index (Phi) is 1.81. The predicted octanol–water partition coefficient (Wildman–Crippen LogP) is 1.72. The standard InChI is InChI=1S/C8H8N2O2S/c1-4-7-5(10-9-4)3-6(13-7)8(11)12-2/h3H,1-2H3,(H,9,10). The molecule has 4 nitrogen and oxygen atoms in total. The summed E-state index contributed by atoms with van der Waals surface area (Å²) in [6.45, 7) is 1.92. The second-order valence-corrected chi connectivity index (χ2v) is 3.72. The van der Waals surface area contributed by atoms with E-state index in [2.05, 4.69) is 14.9 Å². The highest BCUT2D eigenvalue weighted by Crippen LogP contribution is 2.26. The van der Waals surface area contributed by atoms with Gasteiger partial charge in [-0.25, -0.2) is 4.79 Å². The van der Waals surface area contributed by atoms with Gasteiger partial charge in [-0.2, -0.15) is 5.10 Å². The second-order valence-electron chi connectivity index (χ2n) is 2.67. The van der Waals surface area contributed by atoms with Crippen molar-refractivity contribution in [2.45, 2.75) is 6.92 Å². The highest BCUT2D eigenvalue weighted by Gasteiger charge is 2.12. The molecule has 0 fully saturated rings. The Labute approximate surface area is 78.5 Å². The number of carbonyl (C=O) groups is 1. The lowest BCUT2D eigenvalue weighted by Gasteiger charge is -1.91. The van der Waals surface area contributed by atoms with Crippen LogP contribution in [-0.4, -0.2) is 23.3 Å². The third-order valence-electron chi connectivity index (χ3n) is 1.78. The van der Waals surface area contributed by atoms with Crippen LogP contribution in [0.25, 0.3) is 10.2 Å². The van der Waals surface area contributed by atoms with E-state index in [0.717, 1.165) is 15.9 Å². The summed E-state index contributed by atoms with van der Waals surface area (Å²) in [6, 6.07) is 1.73. The molecule has 0 bridgehead atoms. The average molecular weight is 196 g/mol. The monoisotopic (exact) mass is 196 g/mol. The van der Waals surface area contributed by atoms with E-state index in [0.29, 0.717) is 4.88 Å². The number of H-pyrrole nitrogens is 1. The van der Waals surface area contributed by atoms with Crippen molar-refractivity contribution in [3.63, 3.8) is 0 Å². The fraction of sp³-hybridized carbons (Fsp3) is 0.250. The molecule has 0 atom stereocenters. The minimum Gasteiger partial charge on any atom is -0.465 e. The van der Waals surface area contributed by atoms with Crippen LogP contribution in [0.4, 0.5) is 0 Å². The van der Waals surface area contributed by atoms with Crippen molar-refractivity contribution in [1.82, 2.24) is 10.2 Å². The first-order valence-corrected chi connectivity index (χ1v) is 4.57. The molecular formula is C8H8N2O2S. The lowest BCUT2D eigenvalue weighted by Crippen LogP contribution is -1.96. The molecule has 0 saturated carbocycles. The topological polar surface area (TPSA) is 55.0 Å². The SMILES string of the molecule is COC(=O)c1cc2n[nH]c(C)c2s1. The third kappa shape index (κ3) is 1.21. The molecule has 0 aliphatic carbocycles. The van der Waals surface area contributed by atoms with Crippen molar-refractivity contribution in [3.8, 4) is 0 Å². The number of esters is 1. The first-order chi connectivity index (χ1) is 6.22. The molecule has 0 aromatic carbocycles. The van der Waals surface area contributed by atoms with Crippen molar-refractivity contribution in [2.24, 2.45) is 0 Å². The molecule has 0 unspecified atom stereocenters. The number of aryl methyl sites for hydroxylation is 1. The summed E-state index contributed by atoms with van der Waals surface area (Å²) in [5.74, 6) is -0.303. The molecule has 13 heavy (non-hydrogen) atoms. The van der Waals surface area contributed by atoms with Crippen LogP contribution in [0.5, 0.6) is 0 Å². The van der Waals surface area contributed by atoms with Crippen molar-refractivity contribution in [1.29, 1.82) is 0 Å².